The Bertz CT molecular complexity index is 911. The number of amides is 1. The van der Waals surface area contributed by atoms with Crippen LogP contribution in [0.25, 0.3) is 11.1 Å². The fourth-order valence-corrected chi connectivity index (χ4v) is 3.10. The van der Waals surface area contributed by atoms with E-state index < -0.39 is 11.9 Å². The van der Waals surface area contributed by atoms with Crippen LogP contribution in [0.1, 0.15) is 24.2 Å². The highest BCUT2D eigenvalue weighted by Gasteiger charge is 2.21. The monoisotopic (exact) mass is 388 g/mol. The van der Waals surface area contributed by atoms with E-state index in [9.17, 15) is 14.7 Å². The lowest BCUT2D eigenvalue weighted by atomic mass is 10.0. The summed E-state index contributed by atoms with van der Waals surface area (Å²) < 4.78 is 0. The van der Waals surface area contributed by atoms with Crippen LogP contribution in [0, 0.1) is 0 Å². The van der Waals surface area contributed by atoms with Crippen molar-refractivity contribution < 1.29 is 14.7 Å². The van der Waals surface area contributed by atoms with Gasteiger partial charge in [-0.25, -0.2) is 4.79 Å². The zero-order valence-electron chi connectivity index (χ0n) is 14.2. The van der Waals surface area contributed by atoms with Crippen LogP contribution in [-0.2, 0) is 4.79 Å². The number of rotatable bonds is 6. The maximum atomic E-state index is 12.3. The molecule has 0 fully saturated rings. The van der Waals surface area contributed by atoms with Gasteiger partial charge in [0, 0.05) is 33.5 Å². The summed E-state index contributed by atoms with van der Waals surface area (Å²) in [5.41, 5.74) is 2.30. The van der Waals surface area contributed by atoms with Crippen molar-refractivity contribution in [2.24, 2.45) is 4.99 Å². The van der Waals surface area contributed by atoms with Crippen molar-refractivity contribution in [3.63, 3.8) is 0 Å². The number of hydrogen-bond donors (Lipinski definition) is 2. The van der Waals surface area contributed by atoms with Gasteiger partial charge in [-0.3, -0.25) is 9.79 Å². The van der Waals surface area contributed by atoms with Crippen molar-refractivity contribution in [1.82, 2.24) is 0 Å². The van der Waals surface area contributed by atoms with Crippen LogP contribution >= 0.6 is 22.9 Å². The number of nitrogens with zero attached hydrogens (tertiary/aromatic N) is 1. The molecule has 0 aliphatic rings. The highest BCUT2D eigenvalue weighted by molar-refractivity contribution is 7.15. The fraction of sp³-hybridized carbons (Fsp3) is 0.105. The summed E-state index contributed by atoms with van der Waals surface area (Å²) in [6, 6.07) is 6.84. The maximum Gasteiger partial charge on any atom is 0.339 e. The number of aliphatic imine (C=N–C) groups is 1. The Labute approximate surface area is 160 Å². The summed E-state index contributed by atoms with van der Waals surface area (Å²) in [4.78, 5) is 28.1. The molecule has 0 radical (unpaired) electrons. The first-order valence-corrected chi connectivity index (χ1v) is 8.85. The van der Waals surface area contributed by atoms with E-state index in [1.54, 1.807) is 49.6 Å². The lowest BCUT2D eigenvalue weighted by molar-refractivity contribution is -0.112. The molecule has 1 amide bonds. The van der Waals surface area contributed by atoms with E-state index in [4.69, 9.17) is 11.6 Å². The number of halogens is 1. The van der Waals surface area contributed by atoms with Crippen molar-refractivity contribution in [2.45, 2.75) is 13.8 Å². The van der Waals surface area contributed by atoms with Gasteiger partial charge in [-0.05, 0) is 37.6 Å². The Hall–Kier alpha value is -2.70. The van der Waals surface area contributed by atoms with Crippen LogP contribution < -0.4 is 5.32 Å². The Kier molecular flexibility index (Phi) is 6.49. The predicted octanol–water partition coefficient (Wildman–Crippen LogP) is 5.26. The minimum absolute atomic E-state index is 0.0456. The number of benzene rings is 1. The Morgan fingerprint density at radius 2 is 1.92 bits per heavy atom. The third kappa shape index (κ3) is 4.68. The van der Waals surface area contributed by atoms with Gasteiger partial charge >= 0.3 is 5.97 Å². The van der Waals surface area contributed by atoms with Crippen molar-refractivity contribution in [3.8, 4) is 11.1 Å². The summed E-state index contributed by atoms with van der Waals surface area (Å²) in [5, 5.41) is 14.8. The molecule has 7 heteroatoms. The molecule has 0 unspecified atom stereocenters. The first kappa shape index (κ1) is 19.6. The van der Waals surface area contributed by atoms with E-state index in [2.05, 4.69) is 16.9 Å². The van der Waals surface area contributed by atoms with Crippen molar-refractivity contribution in [2.75, 3.05) is 5.32 Å². The standard InChI is InChI=1S/C19H17ClN2O3S/c1-4-12(3)21-9-11(2)17(23)22-18-16(19(24)25)15(10-26-18)13-5-7-14(20)8-6-13/h4-10H,1H2,2-3H3,(H,22,23)(H,24,25). The third-order valence-electron chi connectivity index (χ3n) is 3.50. The number of carbonyl (C=O) groups excluding carboxylic acids is 1. The maximum absolute atomic E-state index is 12.3. The molecule has 0 spiro atoms. The molecular weight excluding hydrogens is 372 g/mol. The topological polar surface area (TPSA) is 78.8 Å². The second-order valence-corrected chi connectivity index (χ2v) is 6.72. The molecule has 1 heterocycles. The van der Waals surface area contributed by atoms with Crippen LogP contribution in [0.15, 0.2) is 59.1 Å². The second-order valence-electron chi connectivity index (χ2n) is 5.41. The molecule has 1 aromatic carbocycles. The number of carboxylic acids is 1. The second kappa shape index (κ2) is 8.60. The summed E-state index contributed by atoms with van der Waals surface area (Å²) >= 11 is 7.03. The summed E-state index contributed by atoms with van der Waals surface area (Å²) in [7, 11) is 0. The largest absolute Gasteiger partial charge is 0.478 e. The molecule has 0 saturated heterocycles. The van der Waals surface area contributed by atoms with Gasteiger partial charge in [-0.2, -0.15) is 0 Å². The number of allylic oxidation sites excluding steroid dienone is 1. The zero-order valence-corrected chi connectivity index (χ0v) is 15.8. The minimum atomic E-state index is -1.12. The van der Waals surface area contributed by atoms with E-state index in [1.165, 1.54) is 6.20 Å². The van der Waals surface area contributed by atoms with Gasteiger partial charge in [-0.15, -0.1) is 11.3 Å². The van der Waals surface area contributed by atoms with Crippen LogP contribution in [-0.4, -0.2) is 22.7 Å². The van der Waals surface area contributed by atoms with E-state index in [0.717, 1.165) is 11.3 Å². The van der Waals surface area contributed by atoms with Gasteiger partial charge in [0.05, 0.1) is 0 Å². The number of carbonyl (C=O) groups is 2. The minimum Gasteiger partial charge on any atom is -0.478 e. The molecule has 0 saturated carbocycles. The van der Waals surface area contributed by atoms with Gasteiger partial charge in [0.2, 0.25) is 0 Å². The number of anilines is 1. The molecule has 0 aliphatic heterocycles. The fourth-order valence-electron chi connectivity index (χ4n) is 2.02. The molecule has 1 aromatic heterocycles. The Balaban J connectivity index is 2.33. The van der Waals surface area contributed by atoms with Crippen molar-refractivity contribution in [1.29, 1.82) is 0 Å². The van der Waals surface area contributed by atoms with Crippen LogP contribution in [0.2, 0.25) is 5.02 Å². The number of hydrogen-bond acceptors (Lipinski definition) is 4. The normalized spacial score (nSPS) is 12.0. The molecule has 0 atom stereocenters. The molecule has 5 nitrogen and oxygen atoms in total. The van der Waals surface area contributed by atoms with E-state index in [1.807, 2.05) is 0 Å². The van der Waals surface area contributed by atoms with Gasteiger partial charge in [0.25, 0.3) is 5.91 Å². The number of thiophene rings is 1. The first-order valence-electron chi connectivity index (χ1n) is 7.59. The average molecular weight is 389 g/mol. The van der Waals surface area contributed by atoms with Crippen molar-refractivity contribution in [3.05, 3.63) is 64.7 Å². The molecule has 2 rings (SSSR count). The van der Waals surface area contributed by atoms with E-state index in [-0.39, 0.29) is 10.6 Å². The average Bonchev–Trinajstić information content (AvgIpc) is 3.03. The lowest BCUT2D eigenvalue weighted by Crippen LogP contribution is -2.14. The number of aromatic carboxylic acids is 1. The number of carboxylic acid groups (broad SMARTS) is 1. The lowest BCUT2D eigenvalue weighted by Gasteiger charge is -2.06. The molecule has 26 heavy (non-hydrogen) atoms. The Morgan fingerprint density at radius 1 is 1.27 bits per heavy atom. The molecule has 2 aromatic rings. The zero-order chi connectivity index (χ0) is 19.3. The van der Waals surface area contributed by atoms with Crippen LogP contribution in [0.5, 0.6) is 0 Å². The summed E-state index contributed by atoms with van der Waals surface area (Å²) in [5.74, 6) is -1.54. The third-order valence-corrected chi connectivity index (χ3v) is 4.65. The predicted molar refractivity (Wildman–Crippen MR) is 107 cm³/mol. The van der Waals surface area contributed by atoms with E-state index in [0.29, 0.717) is 27.4 Å². The van der Waals surface area contributed by atoms with Gasteiger partial charge in [0.1, 0.15) is 10.6 Å². The molecule has 0 aliphatic carbocycles. The highest BCUT2D eigenvalue weighted by atomic mass is 35.5. The van der Waals surface area contributed by atoms with Crippen LogP contribution in [0.3, 0.4) is 0 Å². The molecular formula is C19H17ClN2O3S. The van der Waals surface area contributed by atoms with Gasteiger partial charge < -0.3 is 10.4 Å². The van der Waals surface area contributed by atoms with Crippen LogP contribution in [0.4, 0.5) is 5.00 Å². The quantitative estimate of drug-likeness (QED) is 0.523. The molecule has 0 bridgehead atoms. The SMILES string of the molecule is C=CC(C)=NC=C(C)C(=O)Nc1scc(-c2ccc(Cl)cc2)c1C(=O)O. The first-order chi connectivity index (χ1) is 12.3. The smallest absolute Gasteiger partial charge is 0.339 e. The van der Waals surface area contributed by atoms with Crippen molar-refractivity contribution >= 4 is 45.5 Å². The van der Waals surface area contributed by atoms with E-state index >= 15 is 0 Å². The summed E-state index contributed by atoms with van der Waals surface area (Å²) in [6.45, 7) is 6.95. The molecule has 2 N–H and O–H groups in total. The molecule has 134 valence electrons. The van der Waals surface area contributed by atoms with Gasteiger partial charge in [-0.1, -0.05) is 30.3 Å². The Morgan fingerprint density at radius 3 is 2.50 bits per heavy atom. The summed E-state index contributed by atoms with van der Waals surface area (Å²) in [6.07, 6.45) is 2.99. The number of nitrogens with one attached hydrogen (secondary N) is 1. The highest BCUT2D eigenvalue weighted by Crippen LogP contribution is 2.36. The van der Waals surface area contributed by atoms with Gasteiger partial charge in [0.15, 0.2) is 0 Å².